The Labute approximate surface area is 94.3 Å². The highest BCUT2D eigenvalue weighted by Gasteiger charge is 2.04. The van der Waals surface area contributed by atoms with Crippen molar-refractivity contribution < 1.29 is 0 Å². The molecule has 15 heavy (non-hydrogen) atoms. The molecular formula is C12H25N3. The second kappa shape index (κ2) is 7.61. The van der Waals surface area contributed by atoms with Gasteiger partial charge >= 0.3 is 0 Å². The fourth-order valence-electron chi connectivity index (χ4n) is 1.15. The van der Waals surface area contributed by atoms with Gasteiger partial charge in [0, 0.05) is 0 Å². The van der Waals surface area contributed by atoms with Crippen molar-refractivity contribution in [1.29, 1.82) is 0 Å². The van der Waals surface area contributed by atoms with Crippen LogP contribution in [0.25, 0.3) is 0 Å². The molecule has 88 valence electrons. The molecule has 3 nitrogen and oxygen atoms in total. The van der Waals surface area contributed by atoms with Crippen LogP contribution in [0.3, 0.4) is 0 Å². The number of aliphatic imine (C=N–C) groups is 2. The van der Waals surface area contributed by atoms with Gasteiger partial charge in [0.2, 0.25) is 0 Å². The Kier molecular flexibility index (Phi) is 7.27. The molecule has 0 unspecified atom stereocenters. The first-order chi connectivity index (χ1) is 6.99. The fourth-order valence-corrected chi connectivity index (χ4v) is 1.15. The van der Waals surface area contributed by atoms with E-state index in [0.29, 0.717) is 0 Å². The van der Waals surface area contributed by atoms with Crippen LogP contribution in [0.5, 0.6) is 0 Å². The Morgan fingerprint density at radius 1 is 1.13 bits per heavy atom. The van der Waals surface area contributed by atoms with Crippen LogP contribution in [-0.4, -0.2) is 42.6 Å². The Hall–Kier alpha value is -0.660. The predicted octanol–water partition coefficient (Wildman–Crippen LogP) is 2.69. The largest absolute Gasteiger partial charge is 0.304 e. The first kappa shape index (κ1) is 14.3. The minimum Gasteiger partial charge on any atom is -0.304 e. The zero-order valence-electron chi connectivity index (χ0n) is 10.9. The summed E-state index contributed by atoms with van der Waals surface area (Å²) in [4.78, 5) is 10.7. The van der Waals surface area contributed by atoms with Gasteiger partial charge < -0.3 is 4.90 Å². The monoisotopic (exact) mass is 211 g/mol. The van der Waals surface area contributed by atoms with Crippen molar-refractivity contribution in [2.45, 2.75) is 46.6 Å². The molecule has 0 aromatic heterocycles. The highest BCUT2D eigenvalue weighted by molar-refractivity contribution is 5.42. The van der Waals surface area contributed by atoms with Crippen molar-refractivity contribution in [3.63, 3.8) is 0 Å². The van der Waals surface area contributed by atoms with E-state index in [2.05, 4.69) is 34.7 Å². The minimum atomic E-state index is -0.0532. The summed E-state index contributed by atoms with van der Waals surface area (Å²) >= 11 is 0. The van der Waals surface area contributed by atoms with Crippen LogP contribution in [0.2, 0.25) is 0 Å². The number of hydrogen-bond donors (Lipinski definition) is 0. The van der Waals surface area contributed by atoms with Crippen molar-refractivity contribution in [2.24, 2.45) is 9.98 Å². The van der Waals surface area contributed by atoms with Gasteiger partial charge in [0.25, 0.3) is 0 Å². The summed E-state index contributed by atoms with van der Waals surface area (Å²) in [5.74, 6) is 0. The molecule has 0 aromatic carbocycles. The summed E-state index contributed by atoms with van der Waals surface area (Å²) in [5, 5.41) is 0. The molecule has 0 amide bonds. The lowest BCUT2D eigenvalue weighted by Crippen LogP contribution is -2.24. The van der Waals surface area contributed by atoms with Crippen LogP contribution in [0.4, 0.5) is 0 Å². The van der Waals surface area contributed by atoms with Gasteiger partial charge in [0.1, 0.15) is 0 Å². The molecular weight excluding hydrogens is 186 g/mol. The minimum absolute atomic E-state index is 0.0532. The zero-order valence-corrected chi connectivity index (χ0v) is 10.9. The molecule has 0 bridgehead atoms. The summed E-state index contributed by atoms with van der Waals surface area (Å²) in [6, 6.07) is 2.77. The Morgan fingerprint density at radius 2 is 1.73 bits per heavy atom. The molecule has 0 atom stereocenters. The molecule has 0 aliphatic heterocycles. The van der Waals surface area contributed by atoms with Gasteiger partial charge in [-0.15, -0.1) is 0 Å². The lowest BCUT2D eigenvalue weighted by molar-refractivity contribution is 0.302. The van der Waals surface area contributed by atoms with E-state index in [1.165, 1.54) is 0 Å². The van der Waals surface area contributed by atoms with Gasteiger partial charge in [-0.05, 0) is 46.8 Å². The van der Waals surface area contributed by atoms with Gasteiger partial charge in [-0.3, -0.25) is 0 Å². The Bertz CT molecular complexity index is 205. The number of rotatable bonds is 6. The van der Waals surface area contributed by atoms with Crippen molar-refractivity contribution in [2.75, 3.05) is 26.2 Å². The maximum absolute atomic E-state index is 4.18. The molecule has 3 heteroatoms. The van der Waals surface area contributed by atoms with Crippen molar-refractivity contribution in [3.8, 4) is 0 Å². The van der Waals surface area contributed by atoms with Gasteiger partial charge in [0.05, 0.1) is 18.1 Å². The smallest absolute Gasteiger partial charge is 0.0898 e. The van der Waals surface area contributed by atoms with Crippen molar-refractivity contribution in [1.82, 2.24) is 4.90 Å². The quantitative estimate of drug-likeness (QED) is 0.490. The SMILES string of the molecule is CCN(CC)CCCN=C=NC(C)(C)C. The fraction of sp³-hybridized carbons (Fsp3) is 0.917. The Morgan fingerprint density at radius 3 is 2.20 bits per heavy atom. The number of nitrogens with zero attached hydrogens (tertiary/aromatic N) is 3. The van der Waals surface area contributed by atoms with Gasteiger partial charge in [-0.25, -0.2) is 9.98 Å². The van der Waals surface area contributed by atoms with E-state index < -0.39 is 0 Å². The van der Waals surface area contributed by atoms with E-state index in [1.807, 2.05) is 20.8 Å². The first-order valence-electron chi connectivity index (χ1n) is 5.85. The van der Waals surface area contributed by atoms with E-state index in [4.69, 9.17) is 0 Å². The highest BCUT2D eigenvalue weighted by atomic mass is 15.1. The summed E-state index contributed by atoms with van der Waals surface area (Å²) in [6.07, 6.45) is 1.09. The second-order valence-electron chi connectivity index (χ2n) is 4.64. The number of hydrogen-bond acceptors (Lipinski definition) is 3. The van der Waals surface area contributed by atoms with Gasteiger partial charge in [0.15, 0.2) is 0 Å². The summed E-state index contributed by atoms with van der Waals surface area (Å²) in [6.45, 7) is 14.7. The lowest BCUT2D eigenvalue weighted by Gasteiger charge is -2.16. The van der Waals surface area contributed by atoms with E-state index in [1.54, 1.807) is 0 Å². The standard InChI is InChI=1S/C12H25N3/c1-6-15(7-2)10-8-9-13-11-14-12(3,4)5/h6-10H2,1-5H3. The molecule has 0 aromatic rings. The third kappa shape index (κ3) is 9.64. The van der Waals surface area contributed by atoms with Crippen LogP contribution in [0, 0.1) is 0 Å². The molecule has 0 rings (SSSR count). The highest BCUT2D eigenvalue weighted by Crippen LogP contribution is 2.03. The first-order valence-corrected chi connectivity index (χ1v) is 5.85. The van der Waals surface area contributed by atoms with Gasteiger partial charge in [-0.1, -0.05) is 13.8 Å². The van der Waals surface area contributed by atoms with Gasteiger partial charge in [-0.2, -0.15) is 0 Å². The molecule has 0 aliphatic carbocycles. The summed E-state index contributed by atoms with van der Waals surface area (Å²) in [5.41, 5.74) is -0.0532. The van der Waals surface area contributed by atoms with Crippen molar-refractivity contribution >= 4 is 6.01 Å². The second-order valence-corrected chi connectivity index (χ2v) is 4.64. The summed E-state index contributed by atoms with van der Waals surface area (Å²) < 4.78 is 0. The topological polar surface area (TPSA) is 28.0 Å². The molecule has 0 radical (unpaired) electrons. The Balaban J connectivity index is 3.66. The molecule has 0 N–H and O–H groups in total. The van der Waals surface area contributed by atoms with Crippen LogP contribution in [0.15, 0.2) is 9.98 Å². The van der Waals surface area contributed by atoms with E-state index in [0.717, 1.165) is 32.6 Å². The van der Waals surface area contributed by atoms with E-state index in [-0.39, 0.29) is 5.54 Å². The van der Waals surface area contributed by atoms with Crippen LogP contribution in [0.1, 0.15) is 41.0 Å². The third-order valence-corrected chi connectivity index (χ3v) is 2.09. The average Bonchev–Trinajstić information content (AvgIpc) is 2.15. The summed E-state index contributed by atoms with van der Waals surface area (Å²) in [7, 11) is 0. The van der Waals surface area contributed by atoms with Crippen LogP contribution >= 0.6 is 0 Å². The third-order valence-electron chi connectivity index (χ3n) is 2.09. The predicted molar refractivity (Wildman–Crippen MR) is 66.9 cm³/mol. The van der Waals surface area contributed by atoms with E-state index in [9.17, 15) is 0 Å². The van der Waals surface area contributed by atoms with Crippen molar-refractivity contribution in [3.05, 3.63) is 0 Å². The van der Waals surface area contributed by atoms with Crippen LogP contribution < -0.4 is 0 Å². The molecule has 0 saturated heterocycles. The van der Waals surface area contributed by atoms with Crippen LogP contribution in [-0.2, 0) is 0 Å². The normalized spacial score (nSPS) is 11.3. The maximum Gasteiger partial charge on any atom is 0.0898 e. The average molecular weight is 211 g/mol. The molecule has 0 spiro atoms. The maximum atomic E-state index is 4.18. The molecule has 0 aliphatic rings. The molecule has 0 heterocycles. The zero-order chi connectivity index (χ0) is 11.7. The molecule has 0 fully saturated rings. The lowest BCUT2D eigenvalue weighted by atomic mass is 10.1. The molecule has 0 saturated carbocycles. The van der Waals surface area contributed by atoms with E-state index >= 15 is 0 Å².